The van der Waals surface area contributed by atoms with Gasteiger partial charge >= 0.3 is 0 Å². The molecular formula is C22H22ClN5O5. The fraction of sp³-hybridized carbons (Fsp3) is 0.227. The average molecular weight is 472 g/mol. The third-order valence-electron chi connectivity index (χ3n) is 4.72. The van der Waals surface area contributed by atoms with Gasteiger partial charge in [-0.15, -0.1) is 0 Å². The molecule has 1 aromatic heterocycles. The fourth-order valence-electron chi connectivity index (χ4n) is 3.09. The first-order valence-electron chi connectivity index (χ1n) is 9.94. The van der Waals surface area contributed by atoms with Crippen LogP contribution in [0, 0.1) is 24.0 Å². The number of aromatic nitrogens is 2. The maximum absolute atomic E-state index is 12.6. The van der Waals surface area contributed by atoms with Gasteiger partial charge in [-0.25, -0.2) is 0 Å². The third-order valence-corrected chi connectivity index (χ3v) is 5.03. The zero-order valence-electron chi connectivity index (χ0n) is 18.2. The Morgan fingerprint density at radius 2 is 1.85 bits per heavy atom. The van der Waals surface area contributed by atoms with Crippen molar-refractivity contribution in [1.29, 1.82) is 0 Å². The molecule has 33 heavy (non-hydrogen) atoms. The lowest BCUT2D eigenvalue weighted by Gasteiger charge is -2.16. The molecular weight excluding hydrogens is 450 g/mol. The van der Waals surface area contributed by atoms with Gasteiger partial charge in [-0.1, -0.05) is 11.6 Å². The molecule has 2 amide bonds. The maximum atomic E-state index is 12.6. The molecule has 0 radical (unpaired) electrons. The molecule has 11 heteroatoms. The van der Waals surface area contributed by atoms with Crippen molar-refractivity contribution in [1.82, 2.24) is 9.78 Å². The largest absolute Gasteiger partial charge is 0.484 e. The number of nitro groups is 1. The van der Waals surface area contributed by atoms with Crippen molar-refractivity contribution >= 4 is 40.5 Å². The van der Waals surface area contributed by atoms with Crippen molar-refractivity contribution in [2.75, 3.05) is 17.2 Å². The molecule has 3 rings (SSSR count). The van der Waals surface area contributed by atoms with Crippen molar-refractivity contribution < 1.29 is 19.2 Å². The predicted octanol–water partition coefficient (Wildman–Crippen LogP) is 4.28. The molecule has 1 unspecified atom stereocenters. The quantitative estimate of drug-likeness (QED) is 0.372. The summed E-state index contributed by atoms with van der Waals surface area (Å²) in [7, 11) is 0. The van der Waals surface area contributed by atoms with Gasteiger partial charge in [-0.05, 0) is 57.2 Å². The molecule has 1 heterocycles. The highest BCUT2D eigenvalue weighted by atomic mass is 35.5. The van der Waals surface area contributed by atoms with Crippen molar-refractivity contribution in [3.05, 3.63) is 75.1 Å². The summed E-state index contributed by atoms with van der Waals surface area (Å²) >= 11 is 6.28. The number of rotatable bonds is 8. The Bertz CT molecular complexity index is 1190. The van der Waals surface area contributed by atoms with Gasteiger partial charge in [-0.2, -0.15) is 5.10 Å². The van der Waals surface area contributed by atoms with E-state index in [9.17, 15) is 19.7 Å². The zero-order valence-corrected chi connectivity index (χ0v) is 18.9. The number of halogens is 1. The summed E-state index contributed by atoms with van der Waals surface area (Å²) in [6, 6.07) is 11.4. The smallest absolute Gasteiger partial charge is 0.269 e. The van der Waals surface area contributed by atoms with Gasteiger partial charge in [0.15, 0.2) is 6.61 Å². The second-order valence-corrected chi connectivity index (χ2v) is 7.73. The Hall–Kier alpha value is -3.92. The van der Waals surface area contributed by atoms with E-state index >= 15 is 0 Å². The number of nitro benzene ring substituents is 1. The number of non-ortho nitro benzene ring substituents is 1. The molecule has 0 aliphatic rings. The summed E-state index contributed by atoms with van der Waals surface area (Å²) in [6.07, 6.45) is 0. The minimum Gasteiger partial charge on any atom is -0.484 e. The van der Waals surface area contributed by atoms with E-state index in [1.807, 2.05) is 19.9 Å². The normalized spacial score (nSPS) is 11.5. The second kappa shape index (κ2) is 10.1. The van der Waals surface area contributed by atoms with Crippen LogP contribution in [0.15, 0.2) is 48.5 Å². The number of aryl methyl sites for hydroxylation is 2. The molecule has 0 bridgehead atoms. The number of hydrogen-bond donors (Lipinski definition) is 2. The highest BCUT2D eigenvalue weighted by Crippen LogP contribution is 2.27. The lowest BCUT2D eigenvalue weighted by molar-refractivity contribution is -0.384. The molecule has 2 aromatic carbocycles. The van der Waals surface area contributed by atoms with Crippen LogP contribution in [-0.2, 0) is 9.59 Å². The number of nitrogens with zero attached hydrogens (tertiary/aromatic N) is 3. The van der Waals surface area contributed by atoms with Crippen LogP contribution < -0.4 is 15.4 Å². The molecule has 3 aromatic rings. The van der Waals surface area contributed by atoms with Crippen LogP contribution in [0.2, 0.25) is 5.02 Å². The van der Waals surface area contributed by atoms with Crippen LogP contribution in [0.25, 0.3) is 0 Å². The monoisotopic (exact) mass is 471 g/mol. The summed E-state index contributed by atoms with van der Waals surface area (Å²) < 4.78 is 6.97. The summed E-state index contributed by atoms with van der Waals surface area (Å²) in [5.41, 5.74) is 2.44. The molecule has 2 N–H and O–H groups in total. The topological polar surface area (TPSA) is 128 Å². The second-order valence-electron chi connectivity index (χ2n) is 7.32. The molecule has 0 aliphatic carbocycles. The molecule has 0 fully saturated rings. The highest BCUT2D eigenvalue weighted by molar-refractivity contribution is 6.34. The first-order valence-corrected chi connectivity index (χ1v) is 10.3. The number of nitrogens with one attached hydrogen (secondary N) is 2. The summed E-state index contributed by atoms with van der Waals surface area (Å²) in [5.74, 6) is -0.403. The van der Waals surface area contributed by atoms with Crippen molar-refractivity contribution in [2.24, 2.45) is 0 Å². The first kappa shape index (κ1) is 23.7. The SMILES string of the molecule is Cc1cc(C)n(C(C)C(=O)Nc2ccc(NC(=O)COc3ccc([N+](=O)[O-])cc3)cc2Cl)n1. The van der Waals surface area contributed by atoms with E-state index in [4.69, 9.17) is 16.3 Å². The highest BCUT2D eigenvalue weighted by Gasteiger charge is 2.19. The molecule has 0 aliphatic heterocycles. The summed E-state index contributed by atoms with van der Waals surface area (Å²) in [6.45, 7) is 5.17. The molecule has 1 atom stereocenters. The summed E-state index contributed by atoms with van der Waals surface area (Å²) in [5, 5.41) is 20.6. The minimum atomic E-state index is -0.536. The van der Waals surface area contributed by atoms with E-state index in [1.54, 1.807) is 23.7 Å². The van der Waals surface area contributed by atoms with Gasteiger partial charge in [0, 0.05) is 23.5 Å². The van der Waals surface area contributed by atoms with Crippen molar-refractivity contribution in [2.45, 2.75) is 26.8 Å². The predicted molar refractivity (Wildman–Crippen MR) is 124 cm³/mol. The van der Waals surface area contributed by atoms with E-state index in [0.29, 0.717) is 17.1 Å². The number of benzene rings is 2. The Morgan fingerprint density at radius 1 is 1.15 bits per heavy atom. The Kier molecular flexibility index (Phi) is 7.29. The van der Waals surface area contributed by atoms with Gasteiger partial charge in [-0.3, -0.25) is 24.4 Å². The Balaban J connectivity index is 1.56. The van der Waals surface area contributed by atoms with E-state index in [2.05, 4.69) is 15.7 Å². The fourth-order valence-corrected chi connectivity index (χ4v) is 3.32. The molecule has 0 spiro atoms. The van der Waals surface area contributed by atoms with Gasteiger partial charge in [0.1, 0.15) is 11.8 Å². The number of anilines is 2. The lowest BCUT2D eigenvalue weighted by Crippen LogP contribution is -2.25. The van der Waals surface area contributed by atoms with Crippen LogP contribution in [0.5, 0.6) is 5.75 Å². The van der Waals surface area contributed by atoms with Gasteiger partial charge in [0.2, 0.25) is 5.91 Å². The van der Waals surface area contributed by atoms with E-state index in [0.717, 1.165) is 11.4 Å². The first-order chi connectivity index (χ1) is 15.6. The third kappa shape index (κ3) is 6.07. The number of carbonyl (C=O) groups is 2. The molecule has 10 nitrogen and oxygen atoms in total. The van der Waals surface area contributed by atoms with Crippen molar-refractivity contribution in [3.63, 3.8) is 0 Å². The molecule has 0 saturated carbocycles. The number of carbonyl (C=O) groups excluding carboxylic acids is 2. The van der Waals surface area contributed by atoms with Crippen molar-refractivity contribution in [3.8, 4) is 5.75 Å². The van der Waals surface area contributed by atoms with E-state index < -0.39 is 16.9 Å². The Labute approximate surface area is 194 Å². The van der Waals surface area contributed by atoms with E-state index in [-0.39, 0.29) is 23.2 Å². The van der Waals surface area contributed by atoms with Gasteiger partial charge < -0.3 is 15.4 Å². The summed E-state index contributed by atoms with van der Waals surface area (Å²) in [4.78, 5) is 34.9. The van der Waals surface area contributed by atoms with Crippen LogP contribution in [0.4, 0.5) is 17.1 Å². The zero-order chi connectivity index (χ0) is 24.1. The van der Waals surface area contributed by atoms with Gasteiger partial charge in [0.25, 0.3) is 11.6 Å². The standard InChI is InChI=1S/C22H22ClN5O5/c1-13-10-14(2)27(26-13)15(3)22(30)25-20-9-4-16(11-19(20)23)24-21(29)12-33-18-7-5-17(6-8-18)28(31)32/h4-11,15H,12H2,1-3H3,(H,24,29)(H,25,30). The number of amides is 2. The maximum Gasteiger partial charge on any atom is 0.269 e. The average Bonchev–Trinajstić information content (AvgIpc) is 3.11. The van der Waals surface area contributed by atoms with Crippen LogP contribution in [0.3, 0.4) is 0 Å². The van der Waals surface area contributed by atoms with E-state index in [1.165, 1.54) is 30.3 Å². The van der Waals surface area contributed by atoms with Crippen LogP contribution >= 0.6 is 11.6 Å². The van der Waals surface area contributed by atoms with Gasteiger partial charge in [0.05, 0.1) is 21.3 Å². The van der Waals surface area contributed by atoms with Crippen LogP contribution in [0.1, 0.15) is 24.4 Å². The number of ether oxygens (including phenoxy) is 1. The minimum absolute atomic E-state index is 0.0714. The molecule has 172 valence electrons. The Morgan fingerprint density at radius 3 is 2.42 bits per heavy atom. The molecule has 0 saturated heterocycles. The van der Waals surface area contributed by atoms with Crippen LogP contribution in [-0.4, -0.2) is 33.1 Å². The number of hydrogen-bond acceptors (Lipinski definition) is 6. The lowest BCUT2D eigenvalue weighted by atomic mass is 10.2.